The maximum absolute atomic E-state index is 11.8. The molecule has 0 aromatic heterocycles. The Hall–Kier alpha value is -3.39. The summed E-state index contributed by atoms with van der Waals surface area (Å²) in [5.74, 6) is -1.91. The quantitative estimate of drug-likeness (QED) is 0.560. The molecule has 176 valence electrons. The minimum atomic E-state index is -0.870. The largest absolute Gasteiger partial charge is 0.481 e. The lowest BCUT2D eigenvalue weighted by atomic mass is 10.0. The second kappa shape index (κ2) is 9.62. The number of carbonyl (C=O) groups excluding carboxylic acids is 2. The van der Waals surface area contributed by atoms with E-state index in [0.29, 0.717) is 12.8 Å². The van der Waals surface area contributed by atoms with Crippen LogP contribution in [0.15, 0.2) is 48.5 Å². The summed E-state index contributed by atoms with van der Waals surface area (Å²) in [6, 6.07) is 14.7. The van der Waals surface area contributed by atoms with Crippen molar-refractivity contribution >= 4 is 18.0 Å². The highest BCUT2D eigenvalue weighted by molar-refractivity contribution is 5.83. The highest BCUT2D eigenvalue weighted by atomic mass is 16.6. The summed E-state index contributed by atoms with van der Waals surface area (Å²) in [5.41, 5.74) is 14.3. The molecule has 0 saturated carbocycles. The normalized spacial score (nSPS) is 22.9. The van der Waals surface area contributed by atoms with Crippen molar-refractivity contribution in [3.8, 4) is 0 Å². The molecule has 2 aromatic carbocycles. The van der Waals surface area contributed by atoms with E-state index in [9.17, 15) is 19.5 Å². The molecule has 0 spiro atoms. The lowest BCUT2D eigenvalue weighted by molar-refractivity contribution is -0.138. The first-order chi connectivity index (χ1) is 15.5. The van der Waals surface area contributed by atoms with Crippen molar-refractivity contribution in [2.75, 3.05) is 0 Å². The van der Waals surface area contributed by atoms with Crippen LogP contribution < -0.4 is 16.8 Å². The van der Waals surface area contributed by atoms with Gasteiger partial charge in [0, 0.05) is 6.04 Å². The van der Waals surface area contributed by atoms with Crippen molar-refractivity contribution in [3.05, 3.63) is 70.8 Å². The number of alkyl carbamates (subject to hydrolysis) is 1. The van der Waals surface area contributed by atoms with E-state index in [1.165, 1.54) is 0 Å². The standard InChI is InChI=1S/C15H19NO4.C10H12N2O/c1-15(2,3)20-14(19)16-12-8-11(13(17)18)9-6-4-5-7-10(9)12;11-9-5-8(10(12)13)6-3-1-2-4-7(6)9/h4-7,11-12H,8H2,1-3H3,(H,16,19)(H,17,18);1-4,8-9H,5,11H2,(H2,12,13)/t11-,12+;8-,9+/m11/s1. The van der Waals surface area contributed by atoms with Crippen molar-refractivity contribution in [3.63, 3.8) is 0 Å². The summed E-state index contributed by atoms with van der Waals surface area (Å²) in [5, 5.41) is 12.0. The predicted molar refractivity (Wildman–Crippen MR) is 123 cm³/mol. The minimum Gasteiger partial charge on any atom is -0.481 e. The molecule has 0 unspecified atom stereocenters. The molecule has 33 heavy (non-hydrogen) atoms. The number of carbonyl (C=O) groups is 3. The van der Waals surface area contributed by atoms with Crippen LogP contribution in [0.2, 0.25) is 0 Å². The average molecular weight is 454 g/mol. The first-order valence-corrected chi connectivity index (χ1v) is 10.9. The highest BCUT2D eigenvalue weighted by Crippen LogP contribution is 2.40. The van der Waals surface area contributed by atoms with Crippen LogP contribution in [0.25, 0.3) is 0 Å². The van der Waals surface area contributed by atoms with Gasteiger partial charge in [0.15, 0.2) is 0 Å². The molecular weight excluding hydrogens is 422 g/mol. The molecule has 2 amide bonds. The molecule has 6 N–H and O–H groups in total. The molecule has 0 radical (unpaired) electrons. The number of nitrogens with two attached hydrogens (primary N) is 2. The number of fused-ring (bicyclic) bond motifs is 2. The Morgan fingerprint density at radius 1 is 0.909 bits per heavy atom. The van der Waals surface area contributed by atoms with Gasteiger partial charge in [-0.3, -0.25) is 9.59 Å². The van der Waals surface area contributed by atoms with Gasteiger partial charge < -0.3 is 26.6 Å². The molecule has 0 saturated heterocycles. The topological polar surface area (TPSA) is 145 Å². The molecule has 8 heteroatoms. The van der Waals surface area contributed by atoms with E-state index in [-0.39, 0.29) is 23.9 Å². The fourth-order valence-corrected chi connectivity index (χ4v) is 4.40. The zero-order chi connectivity index (χ0) is 24.3. The van der Waals surface area contributed by atoms with Crippen molar-refractivity contribution < 1.29 is 24.2 Å². The minimum absolute atomic E-state index is 0.0336. The number of aliphatic carboxylic acids is 1. The maximum Gasteiger partial charge on any atom is 0.408 e. The van der Waals surface area contributed by atoms with Crippen molar-refractivity contribution in [1.82, 2.24) is 5.32 Å². The van der Waals surface area contributed by atoms with Crippen LogP contribution in [0, 0.1) is 0 Å². The molecule has 8 nitrogen and oxygen atoms in total. The summed E-state index contributed by atoms with van der Waals surface area (Å²) in [6.07, 6.45) is 0.478. The number of carboxylic acids is 1. The van der Waals surface area contributed by atoms with E-state index >= 15 is 0 Å². The van der Waals surface area contributed by atoms with E-state index < -0.39 is 23.6 Å². The highest BCUT2D eigenvalue weighted by Gasteiger charge is 2.36. The summed E-state index contributed by atoms with van der Waals surface area (Å²) in [6.45, 7) is 5.36. The van der Waals surface area contributed by atoms with Gasteiger partial charge in [-0.25, -0.2) is 4.79 Å². The van der Waals surface area contributed by atoms with Gasteiger partial charge in [0.2, 0.25) is 5.91 Å². The number of rotatable bonds is 3. The van der Waals surface area contributed by atoms with Crippen LogP contribution in [-0.4, -0.2) is 28.7 Å². The van der Waals surface area contributed by atoms with E-state index in [1.807, 2.05) is 42.5 Å². The number of amides is 2. The van der Waals surface area contributed by atoms with Gasteiger partial charge >= 0.3 is 12.1 Å². The third-order valence-corrected chi connectivity index (χ3v) is 5.81. The van der Waals surface area contributed by atoms with E-state index in [1.54, 1.807) is 26.8 Å². The molecule has 4 rings (SSSR count). The number of carboxylic acid groups (broad SMARTS) is 1. The summed E-state index contributed by atoms with van der Waals surface area (Å²) in [7, 11) is 0. The Morgan fingerprint density at radius 3 is 1.94 bits per heavy atom. The fourth-order valence-electron chi connectivity index (χ4n) is 4.40. The van der Waals surface area contributed by atoms with Gasteiger partial charge in [-0.1, -0.05) is 48.5 Å². The number of ether oxygens (including phenoxy) is 1. The predicted octanol–water partition coefficient (Wildman–Crippen LogP) is 3.48. The van der Waals surface area contributed by atoms with Gasteiger partial charge in [0.05, 0.1) is 17.9 Å². The number of benzene rings is 2. The van der Waals surface area contributed by atoms with Gasteiger partial charge in [-0.05, 0) is 55.9 Å². The SMILES string of the molecule is CC(C)(C)OC(=O)N[C@H]1C[C@@H](C(=O)O)c2ccccc21.NC(=O)[C@@H]1C[C@H](N)c2ccccc21. The van der Waals surface area contributed by atoms with E-state index in [2.05, 4.69) is 5.32 Å². The first kappa shape index (κ1) is 24.3. The van der Waals surface area contributed by atoms with Crippen LogP contribution in [0.5, 0.6) is 0 Å². The Bertz CT molecular complexity index is 1050. The zero-order valence-corrected chi connectivity index (χ0v) is 19.1. The van der Waals surface area contributed by atoms with Gasteiger partial charge in [-0.2, -0.15) is 0 Å². The number of hydrogen-bond acceptors (Lipinski definition) is 5. The molecular formula is C25H31N3O5. The van der Waals surface area contributed by atoms with Crippen molar-refractivity contribution in [2.24, 2.45) is 11.5 Å². The average Bonchev–Trinajstić information content (AvgIpc) is 3.26. The van der Waals surface area contributed by atoms with Gasteiger partial charge in [0.25, 0.3) is 0 Å². The van der Waals surface area contributed by atoms with Gasteiger partial charge in [-0.15, -0.1) is 0 Å². The second-order valence-electron chi connectivity index (χ2n) is 9.38. The Kier molecular flexibility index (Phi) is 7.07. The van der Waals surface area contributed by atoms with E-state index in [4.69, 9.17) is 16.2 Å². The fraction of sp³-hybridized carbons (Fsp3) is 0.400. The summed E-state index contributed by atoms with van der Waals surface area (Å²) >= 11 is 0. The summed E-state index contributed by atoms with van der Waals surface area (Å²) < 4.78 is 5.21. The molecule has 0 bridgehead atoms. The van der Waals surface area contributed by atoms with E-state index in [0.717, 1.165) is 22.3 Å². The van der Waals surface area contributed by atoms with Crippen LogP contribution in [0.1, 0.15) is 79.8 Å². The Labute approximate surface area is 193 Å². The molecule has 0 aliphatic heterocycles. The smallest absolute Gasteiger partial charge is 0.408 e. The third-order valence-electron chi connectivity index (χ3n) is 5.81. The second-order valence-corrected chi connectivity index (χ2v) is 9.38. The number of nitrogens with one attached hydrogen (secondary N) is 1. The summed E-state index contributed by atoms with van der Waals surface area (Å²) in [4.78, 5) is 34.2. The molecule has 2 aromatic rings. The molecule has 0 heterocycles. The van der Waals surface area contributed by atoms with Crippen LogP contribution in [-0.2, 0) is 14.3 Å². The first-order valence-electron chi connectivity index (χ1n) is 10.9. The number of primary amides is 1. The van der Waals surface area contributed by atoms with Crippen molar-refractivity contribution in [1.29, 1.82) is 0 Å². The molecule has 2 aliphatic rings. The van der Waals surface area contributed by atoms with Crippen LogP contribution >= 0.6 is 0 Å². The lowest BCUT2D eigenvalue weighted by Crippen LogP contribution is -2.34. The van der Waals surface area contributed by atoms with Crippen molar-refractivity contribution in [2.45, 2.75) is 63.1 Å². The number of hydrogen-bond donors (Lipinski definition) is 4. The Balaban J connectivity index is 0.000000203. The monoisotopic (exact) mass is 453 g/mol. The zero-order valence-electron chi connectivity index (χ0n) is 19.1. The van der Waals surface area contributed by atoms with Crippen LogP contribution in [0.3, 0.4) is 0 Å². The Morgan fingerprint density at radius 2 is 1.42 bits per heavy atom. The van der Waals surface area contributed by atoms with Crippen LogP contribution in [0.4, 0.5) is 4.79 Å². The third kappa shape index (κ3) is 5.70. The molecule has 4 atom stereocenters. The molecule has 2 aliphatic carbocycles. The maximum atomic E-state index is 11.8. The van der Waals surface area contributed by atoms with Gasteiger partial charge in [0.1, 0.15) is 5.60 Å². The molecule has 0 fully saturated rings. The lowest BCUT2D eigenvalue weighted by Gasteiger charge is -2.22.